The lowest BCUT2D eigenvalue weighted by Crippen LogP contribution is -2.29. The molecule has 1 aromatic heterocycles. The van der Waals surface area contributed by atoms with Crippen molar-refractivity contribution in [1.82, 2.24) is 4.90 Å². The lowest BCUT2D eigenvalue weighted by Gasteiger charge is -2.26. The highest BCUT2D eigenvalue weighted by atomic mass is 16.5. The SMILES string of the molecule is CCOc1ccccc1C1C(=C(O)c2ccc3c(c2)CC(C)O3)C(=O)C(=O)N1Cc1ccco1. The Morgan fingerprint density at radius 2 is 1.97 bits per heavy atom. The van der Waals surface area contributed by atoms with Crippen LogP contribution in [0, 0.1) is 0 Å². The highest BCUT2D eigenvalue weighted by molar-refractivity contribution is 6.46. The summed E-state index contributed by atoms with van der Waals surface area (Å²) < 4.78 is 17.0. The molecule has 3 aromatic rings. The van der Waals surface area contributed by atoms with Crippen LogP contribution in [0.2, 0.25) is 0 Å². The maximum atomic E-state index is 13.3. The molecular weight excluding hydrogens is 434 g/mol. The summed E-state index contributed by atoms with van der Waals surface area (Å²) in [5.74, 6) is 0.172. The predicted octanol–water partition coefficient (Wildman–Crippen LogP) is 4.62. The Morgan fingerprint density at radius 1 is 1.15 bits per heavy atom. The molecule has 1 N–H and O–H groups in total. The summed E-state index contributed by atoms with van der Waals surface area (Å²) in [6.45, 7) is 4.33. The second-order valence-electron chi connectivity index (χ2n) is 8.43. The van der Waals surface area contributed by atoms with E-state index in [0.717, 1.165) is 11.3 Å². The van der Waals surface area contributed by atoms with Crippen molar-refractivity contribution in [3.8, 4) is 11.5 Å². The van der Waals surface area contributed by atoms with E-state index in [1.165, 1.54) is 11.2 Å². The van der Waals surface area contributed by atoms with E-state index in [9.17, 15) is 14.7 Å². The van der Waals surface area contributed by atoms with Crippen LogP contribution in [0.5, 0.6) is 11.5 Å². The average Bonchev–Trinajstić information content (AvgIpc) is 3.53. The average molecular weight is 459 g/mol. The normalized spacial score (nSPS) is 20.9. The molecule has 7 nitrogen and oxygen atoms in total. The van der Waals surface area contributed by atoms with E-state index in [2.05, 4.69) is 0 Å². The highest BCUT2D eigenvalue weighted by Gasteiger charge is 2.47. The van der Waals surface area contributed by atoms with Crippen molar-refractivity contribution >= 4 is 17.4 Å². The number of carbonyl (C=O) groups is 2. The van der Waals surface area contributed by atoms with E-state index in [0.29, 0.717) is 35.7 Å². The van der Waals surface area contributed by atoms with E-state index >= 15 is 0 Å². The number of aliphatic hydroxyl groups is 1. The Hall–Kier alpha value is -4.00. The zero-order valence-electron chi connectivity index (χ0n) is 19.0. The fourth-order valence-corrected chi connectivity index (χ4v) is 4.66. The largest absolute Gasteiger partial charge is 0.507 e. The zero-order valence-corrected chi connectivity index (χ0v) is 19.0. The first-order valence-electron chi connectivity index (χ1n) is 11.3. The molecule has 2 aliphatic rings. The first kappa shape index (κ1) is 21.8. The van der Waals surface area contributed by atoms with Gasteiger partial charge in [-0.05, 0) is 55.8 Å². The maximum absolute atomic E-state index is 13.3. The van der Waals surface area contributed by atoms with Crippen LogP contribution in [0.15, 0.2) is 70.9 Å². The summed E-state index contributed by atoms with van der Waals surface area (Å²) in [4.78, 5) is 27.9. The molecule has 5 rings (SSSR count). The summed E-state index contributed by atoms with van der Waals surface area (Å²) >= 11 is 0. The van der Waals surface area contributed by atoms with Crippen molar-refractivity contribution in [1.29, 1.82) is 0 Å². The van der Waals surface area contributed by atoms with Crippen molar-refractivity contribution in [2.45, 2.75) is 39.0 Å². The lowest BCUT2D eigenvalue weighted by atomic mass is 9.94. The molecule has 2 atom stereocenters. The number of furan rings is 1. The van der Waals surface area contributed by atoms with Crippen LogP contribution >= 0.6 is 0 Å². The monoisotopic (exact) mass is 459 g/mol. The number of likely N-dealkylation sites (tertiary alicyclic amines) is 1. The number of fused-ring (bicyclic) bond motifs is 1. The van der Waals surface area contributed by atoms with E-state index in [4.69, 9.17) is 13.9 Å². The van der Waals surface area contributed by atoms with Gasteiger partial charge in [0.1, 0.15) is 29.1 Å². The standard InChI is InChI=1S/C27H25NO6/c1-3-32-22-9-5-4-8-20(22)24-23(26(30)27(31)28(24)15-19-7-6-12-33-19)25(29)17-10-11-21-18(14-17)13-16(2)34-21/h4-12,14,16,24,29H,3,13,15H2,1-2H3. The molecule has 0 radical (unpaired) electrons. The van der Waals surface area contributed by atoms with Gasteiger partial charge in [-0.2, -0.15) is 0 Å². The van der Waals surface area contributed by atoms with Crippen LogP contribution in [-0.2, 0) is 22.6 Å². The Labute approximate surface area is 197 Å². The van der Waals surface area contributed by atoms with E-state index in [1.54, 1.807) is 30.3 Å². The number of hydrogen-bond donors (Lipinski definition) is 1. The summed E-state index contributed by atoms with van der Waals surface area (Å²) in [7, 11) is 0. The van der Waals surface area contributed by atoms with Gasteiger partial charge in [-0.3, -0.25) is 9.59 Å². The Kier molecular flexibility index (Phi) is 5.61. The van der Waals surface area contributed by atoms with Crippen molar-refractivity contribution in [2.75, 3.05) is 6.61 Å². The summed E-state index contributed by atoms with van der Waals surface area (Å²) in [5, 5.41) is 11.4. The molecule has 174 valence electrons. The smallest absolute Gasteiger partial charge is 0.296 e. The Balaban J connectivity index is 1.66. The van der Waals surface area contributed by atoms with Crippen molar-refractivity contribution in [3.63, 3.8) is 0 Å². The molecule has 1 amide bonds. The number of ketones is 1. The van der Waals surface area contributed by atoms with Crippen molar-refractivity contribution in [3.05, 3.63) is 88.9 Å². The van der Waals surface area contributed by atoms with Gasteiger partial charge >= 0.3 is 0 Å². The minimum absolute atomic E-state index is 0.0237. The number of aliphatic hydroxyl groups excluding tert-OH is 1. The van der Waals surface area contributed by atoms with Gasteiger partial charge < -0.3 is 23.9 Å². The molecule has 0 saturated carbocycles. The number of hydrogen-bond acceptors (Lipinski definition) is 6. The van der Waals surface area contributed by atoms with Gasteiger partial charge in [0.05, 0.1) is 31.0 Å². The fourth-order valence-electron chi connectivity index (χ4n) is 4.66. The van der Waals surface area contributed by atoms with Crippen LogP contribution in [0.3, 0.4) is 0 Å². The van der Waals surface area contributed by atoms with E-state index < -0.39 is 17.7 Å². The van der Waals surface area contributed by atoms with Crippen LogP contribution in [0.1, 0.15) is 42.3 Å². The summed E-state index contributed by atoms with van der Waals surface area (Å²) in [6.07, 6.45) is 2.27. The molecule has 1 fully saturated rings. The quantitative estimate of drug-likeness (QED) is 0.329. The first-order chi connectivity index (χ1) is 16.5. The molecule has 2 aromatic carbocycles. The van der Waals surface area contributed by atoms with Crippen LogP contribution in [0.25, 0.3) is 5.76 Å². The number of carbonyl (C=O) groups excluding carboxylic acids is 2. The number of nitrogens with zero attached hydrogens (tertiary/aromatic N) is 1. The van der Waals surface area contributed by atoms with Gasteiger partial charge in [-0.15, -0.1) is 0 Å². The minimum atomic E-state index is -0.837. The van der Waals surface area contributed by atoms with Gasteiger partial charge in [-0.25, -0.2) is 0 Å². The predicted molar refractivity (Wildman–Crippen MR) is 124 cm³/mol. The van der Waals surface area contributed by atoms with Gasteiger partial charge in [0.25, 0.3) is 11.7 Å². The fraction of sp³-hybridized carbons (Fsp3) is 0.259. The molecule has 2 unspecified atom stereocenters. The highest BCUT2D eigenvalue weighted by Crippen LogP contribution is 2.44. The van der Waals surface area contributed by atoms with Crippen molar-refractivity contribution < 1.29 is 28.6 Å². The van der Waals surface area contributed by atoms with E-state index in [-0.39, 0.29) is 24.0 Å². The van der Waals surface area contributed by atoms with Gasteiger partial charge in [-0.1, -0.05) is 18.2 Å². The summed E-state index contributed by atoms with van der Waals surface area (Å²) in [5.41, 5.74) is 2.06. The van der Waals surface area contributed by atoms with Crippen LogP contribution < -0.4 is 9.47 Å². The minimum Gasteiger partial charge on any atom is -0.507 e. The number of rotatable bonds is 6. The number of Topliss-reactive ketones (excluding diaryl/α,β-unsaturated/α-hetero) is 1. The van der Waals surface area contributed by atoms with Crippen LogP contribution in [0.4, 0.5) is 0 Å². The molecule has 1 saturated heterocycles. The lowest BCUT2D eigenvalue weighted by molar-refractivity contribution is -0.140. The molecule has 0 aliphatic carbocycles. The van der Waals surface area contributed by atoms with Gasteiger partial charge in [0.2, 0.25) is 0 Å². The summed E-state index contributed by atoms with van der Waals surface area (Å²) in [6, 6.07) is 15.2. The first-order valence-corrected chi connectivity index (χ1v) is 11.3. The zero-order chi connectivity index (χ0) is 23.8. The number of para-hydroxylation sites is 1. The Bertz CT molecular complexity index is 1280. The number of ether oxygens (including phenoxy) is 2. The second kappa shape index (κ2) is 8.74. The third-order valence-electron chi connectivity index (χ3n) is 6.13. The number of amides is 1. The van der Waals surface area contributed by atoms with Crippen molar-refractivity contribution in [2.24, 2.45) is 0 Å². The second-order valence-corrected chi connectivity index (χ2v) is 8.43. The molecule has 0 spiro atoms. The molecule has 2 aliphatic heterocycles. The maximum Gasteiger partial charge on any atom is 0.296 e. The molecular formula is C27H25NO6. The molecule has 0 bridgehead atoms. The third-order valence-corrected chi connectivity index (χ3v) is 6.13. The van der Waals surface area contributed by atoms with Crippen LogP contribution in [-0.4, -0.2) is 34.4 Å². The molecule has 3 heterocycles. The van der Waals surface area contributed by atoms with Gasteiger partial charge in [0.15, 0.2) is 0 Å². The van der Waals surface area contributed by atoms with Gasteiger partial charge in [0, 0.05) is 17.5 Å². The topological polar surface area (TPSA) is 89.2 Å². The molecule has 34 heavy (non-hydrogen) atoms. The third kappa shape index (κ3) is 3.73. The van der Waals surface area contributed by atoms with E-state index in [1.807, 2.05) is 38.1 Å². The molecule has 7 heteroatoms. The Morgan fingerprint density at radius 3 is 2.74 bits per heavy atom. The number of benzene rings is 2.